The molecule has 0 amide bonds. The zero-order chi connectivity index (χ0) is 14.7. The highest BCUT2D eigenvalue weighted by Crippen LogP contribution is 2.19. The van der Waals surface area contributed by atoms with Gasteiger partial charge >= 0.3 is 0 Å². The summed E-state index contributed by atoms with van der Waals surface area (Å²) in [5, 5.41) is 13.1. The minimum absolute atomic E-state index is 0.219. The third kappa shape index (κ3) is 3.03. The second-order valence-corrected chi connectivity index (χ2v) is 4.53. The van der Waals surface area contributed by atoms with E-state index in [1.54, 1.807) is 36.5 Å². The third-order valence-corrected chi connectivity index (χ3v) is 2.96. The van der Waals surface area contributed by atoms with Crippen LogP contribution in [0.1, 0.15) is 17.5 Å². The summed E-state index contributed by atoms with van der Waals surface area (Å²) in [6, 6.07) is 8.11. The summed E-state index contributed by atoms with van der Waals surface area (Å²) in [4.78, 5) is 12.1. The maximum Gasteiger partial charge on any atom is 0.244 e. The van der Waals surface area contributed by atoms with Crippen LogP contribution in [0.2, 0.25) is 0 Å². The topological polar surface area (TPSA) is 111 Å². The van der Waals surface area contributed by atoms with E-state index in [9.17, 15) is 5.11 Å². The smallest absolute Gasteiger partial charge is 0.244 e. The van der Waals surface area contributed by atoms with Gasteiger partial charge in [0.2, 0.25) is 11.7 Å². The van der Waals surface area contributed by atoms with Crippen molar-refractivity contribution in [1.29, 1.82) is 0 Å². The van der Waals surface area contributed by atoms with Crippen molar-refractivity contribution < 1.29 is 9.63 Å². The van der Waals surface area contributed by atoms with Gasteiger partial charge in [-0.1, -0.05) is 17.3 Å². The minimum atomic E-state index is -0.419. The minimum Gasteiger partial charge on any atom is -0.508 e. The highest BCUT2D eigenvalue weighted by molar-refractivity contribution is 5.46. The van der Waals surface area contributed by atoms with Crippen molar-refractivity contribution in [3.05, 3.63) is 54.3 Å². The fourth-order valence-electron chi connectivity index (χ4n) is 1.89. The highest BCUT2D eigenvalue weighted by atomic mass is 16.5. The van der Waals surface area contributed by atoms with Crippen molar-refractivity contribution >= 4 is 0 Å². The maximum atomic E-state index is 9.25. The molecule has 0 bridgehead atoms. The summed E-state index contributed by atoms with van der Waals surface area (Å²) in [7, 11) is 0. The Morgan fingerprint density at radius 3 is 2.71 bits per heavy atom. The van der Waals surface area contributed by atoms with E-state index in [0.29, 0.717) is 23.8 Å². The van der Waals surface area contributed by atoms with Gasteiger partial charge in [0.1, 0.15) is 17.8 Å². The van der Waals surface area contributed by atoms with Gasteiger partial charge in [-0.3, -0.25) is 0 Å². The Kier molecular flexibility index (Phi) is 3.57. The van der Waals surface area contributed by atoms with Crippen LogP contribution in [0.3, 0.4) is 0 Å². The molecule has 1 aromatic carbocycles. The Hall–Kier alpha value is -2.80. The molecule has 0 fully saturated rings. The number of benzene rings is 1. The van der Waals surface area contributed by atoms with Gasteiger partial charge in [-0.25, -0.2) is 9.97 Å². The van der Waals surface area contributed by atoms with Crippen LogP contribution >= 0.6 is 0 Å². The first kappa shape index (κ1) is 13.2. The van der Waals surface area contributed by atoms with Gasteiger partial charge in [-0.15, -0.1) is 0 Å². The Morgan fingerprint density at radius 2 is 2.00 bits per heavy atom. The molecule has 0 aliphatic carbocycles. The molecule has 0 radical (unpaired) electrons. The number of phenolic OH excluding ortho intramolecular Hbond substituents is 1. The molecular formula is C14H13N5O2. The molecule has 7 nitrogen and oxygen atoms in total. The SMILES string of the molecule is NC(Cc1ccc(O)cc1)c1nc(-c2ccncn2)no1. The van der Waals surface area contributed by atoms with E-state index in [1.807, 2.05) is 0 Å². The van der Waals surface area contributed by atoms with E-state index in [2.05, 4.69) is 20.1 Å². The average Bonchev–Trinajstić information content (AvgIpc) is 3.00. The molecule has 0 aliphatic heterocycles. The number of hydrogen-bond acceptors (Lipinski definition) is 7. The Bertz CT molecular complexity index is 712. The molecule has 0 aliphatic rings. The standard InChI is InChI=1S/C14H13N5O2/c15-11(7-9-1-3-10(20)4-2-9)14-18-13(19-21-14)12-5-6-16-8-17-12/h1-6,8,11,20H,7,15H2. The molecule has 2 heterocycles. The van der Waals surface area contributed by atoms with Crippen molar-refractivity contribution in [3.63, 3.8) is 0 Å². The molecule has 3 rings (SSSR count). The van der Waals surface area contributed by atoms with Crippen LogP contribution in [-0.2, 0) is 6.42 Å². The number of hydrogen-bond donors (Lipinski definition) is 2. The molecule has 0 spiro atoms. The first-order valence-electron chi connectivity index (χ1n) is 6.36. The number of aromatic nitrogens is 4. The van der Waals surface area contributed by atoms with E-state index in [1.165, 1.54) is 6.33 Å². The van der Waals surface area contributed by atoms with Crippen LogP contribution in [0.5, 0.6) is 5.75 Å². The molecule has 7 heteroatoms. The summed E-state index contributed by atoms with van der Waals surface area (Å²) in [6.07, 6.45) is 3.56. The molecule has 1 atom stereocenters. The normalized spacial score (nSPS) is 12.2. The fraction of sp³-hybridized carbons (Fsp3) is 0.143. The number of rotatable bonds is 4. The third-order valence-electron chi connectivity index (χ3n) is 2.96. The van der Waals surface area contributed by atoms with E-state index in [0.717, 1.165) is 5.56 Å². The first-order valence-corrected chi connectivity index (χ1v) is 6.36. The highest BCUT2D eigenvalue weighted by Gasteiger charge is 2.16. The van der Waals surface area contributed by atoms with Crippen molar-refractivity contribution in [2.45, 2.75) is 12.5 Å². The molecule has 3 aromatic rings. The van der Waals surface area contributed by atoms with Crippen molar-refractivity contribution in [2.24, 2.45) is 5.73 Å². The Labute approximate surface area is 120 Å². The number of nitrogens with zero attached hydrogens (tertiary/aromatic N) is 4. The van der Waals surface area contributed by atoms with Crippen molar-refractivity contribution in [3.8, 4) is 17.3 Å². The van der Waals surface area contributed by atoms with Crippen LogP contribution in [0, 0.1) is 0 Å². The number of nitrogens with two attached hydrogens (primary N) is 1. The van der Waals surface area contributed by atoms with Gasteiger partial charge in [0, 0.05) is 6.20 Å². The van der Waals surface area contributed by atoms with E-state index in [4.69, 9.17) is 10.3 Å². The lowest BCUT2D eigenvalue weighted by Crippen LogP contribution is -2.13. The predicted molar refractivity (Wildman–Crippen MR) is 74.1 cm³/mol. The van der Waals surface area contributed by atoms with Gasteiger partial charge in [-0.2, -0.15) is 4.98 Å². The fourth-order valence-corrected chi connectivity index (χ4v) is 1.89. The Balaban J connectivity index is 1.75. The number of phenols is 1. The molecular weight excluding hydrogens is 270 g/mol. The quantitative estimate of drug-likeness (QED) is 0.745. The molecule has 2 aromatic heterocycles. The average molecular weight is 283 g/mol. The molecule has 0 saturated heterocycles. The zero-order valence-corrected chi connectivity index (χ0v) is 11.0. The second-order valence-electron chi connectivity index (χ2n) is 4.53. The van der Waals surface area contributed by atoms with Crippen molar-refractivity contribution in [2.75, 3.05) is 0 Å². The van der Waals surface area contributed by atoms with Crippen LogP contribution in [0.15, 0.2) is 47.4 Å². The first-order chi connectivity index (χ1) is 10.2. The van der Waals surface area contributed by atoms with Crippen molar-refractivity contribution in [1.82, 2.24) is 20.1 Å². The maximum absolute atomic E-state index is 9.25. The molecule has 3 N–H and O–H groups in total. The van der Waals surface area contributed by atoms with Gasteiger partial charge < -0.3 is 15.4 Å². The molecule has 0 saturated carbocycles. The van der Waals surface area contributed by atoms with Gasteiger partial charge in [-0.05, 0) is 30.2 Å². The summed E-state index contributed by atoms with van der Waals surface area (Å²) in [5.74, 6) is 0.946. The molecule has 21 heavy (non-hydrogen) atoms. The van der Waals surface area contributed by atoms with E-state index < -0.39 is 6.04 Å². The van der Waals surface area contributed by atoms with E-state index in [-0.39, 0.29) is 5.75 Å². The molecule has 106 valence electrons. The van der Waals surface area contributed by atoms with Gasteiger partial charge in [0.25, 0.3) is 0 Å². The summed E-state index contributed by atoms with van der Waals surface area (Å²) in [5.41, 5.74) is 7.62. The monoisotopic (exact) mass is 283 g/mol. The lowest BCUT2D eigenvalue weighted by atomic mass is 10.1. The second kappa shape index (κ2) is 5.68. The summed E-state index contributed by atoms with van der Waals surface area (Å²) >= 11 is 0. The Morgan fingerprint density at radius 1 is 1.19 bits per heavy atom. The van der Waals surface area contributed by atoms with Crippen LogP contribution in [0.4, 0.5) is 0 Å². The molecule has 1 unspecified atom stereocenters. The largest absolute Gasteiger partial charge is 0.508 e. The van der Waals surface area contributed by atoms with Gasteiger partial charge in [0.05, 0.1) is 6.04 Å². The summed E-state index contributed by atoms with van der Waals surface area (Å²) in [6.45, 7) is 0. The summed E-state index contributed by atoms with van der Waals surface area (Å²) < 4.78 is 5.18. The van der Waals surface area contributed by atoms with Gasteiger partial charge in [0.15, 0.2) is 0 Å². The van der Waals surface area contributed by atoms with E-state index >= 15 is 0 Å². The van der Waals surface area contributed by atoms with Crippen LogP contribution in [0.25, 0.3) is 11.5 Å². The number of aromatic hydroxyl groups is 1. The lowest BCUT2D eigenvalue weighted by Gasteiger charge is -2.06. The zero-order valence-electron chi connectivity index (χ0n) is 11.0. The lowest BCUT2D eigenvalue weighted by molar-refractivity contribution is 0.354. The van der Waals surface area contributed by atoms with Crippen LogP contribution < -0.4 is 5.73 Å². The predicted octanol–water partition coefficient (Wildman–Crippen LogP) is 1.47. The van der Waals surface area contributed by atoms with Crippen LogP contribution in [-0.4, -0.2) is 25.2 Å².